The van der Waals surface area contributed by atoms with Crippen molar-refractivity contribution in [1.29, 1.82) is 0 Å². The van der Waals surface area contributed by atoms with Crippen molar-refractivity contribution in [2.75, 3.05) is 11.9 Å². The number of carboxylic acid groups (broad SMARTS) is 1. The Kier molecular flexibility index (Phi) is 6.30. The summed E-state index contributed by atoms with van der Waals surface area (Å²) >= 11 is 1.22. The standard InChI is InChI=1S/C16H22N2O5S/c1-3-23-13(19)8-12-9(2)17-16(24-12)18-14(20)10-6-4-5-7-11(10)15(21)22/h10-11H,3-8H2,1-2H3,(H,21,22)(H,17,18,20)/t10-,11+/m1/s1. The second-order valence-corrected chi connectivity index (χ2v) is 6.92. The highest BCUT2D eigenvalue weighted by molar-refractivity contribution is 7.16. The van der Waals surface area contributed by atoms with Crippen LogP contribution in [0.3, 0.4) is 0 Å². The Morgan fingerprint density at radius 2 is 1.96 bits per heavy atom. The lowest BCUT2D eigenvalue weighted by molar-refractivity contribution is -0.147. The lowest BCUT2D eigenvalue weighted by Gasteiger charge is -2.26. The molecule has 1 aromatic rings. The molecular weight excluding hydrogens is 332 g/mol. The second kappa shape index (κ2) is 8.23. The molecule has 2 atom stereocenters. The van der Waals surface area contributed by atoms with Gasteiger partial charge in [0.15, 0.2) is 5.13 Å². The van der Waals surface area contributed by atoms with E-state index >= 15 is 0 Å². The van der Waals surface area contributed by atoms with Crippen molar-refractivity contribution in [1.82, 2.24) is 4.98 Å². The largest absolute Gasteiger partial charge is 0.481 e. The molecule has 2 N–H and O–H groups in total. The van der Waals surface area contributed by atoms with Crippen molar-refractivity contribution >= 4 is 34.3 Å². The summed E-state index contributed by atoms with van der Waals surface area (Å²) in [4.78, 5) is 40.3. The summed E-state index contributed by atoms with van der Waals surface area (Å²) in [6.07, 6.45) is 2.91. The number of carboxylic acids is 1. The van der Waals surface area contributed by atoms with Gasteiger partial charge in [0.05, 0.1) is 30.6 Å². The molecule has 1 fully saturated rings. The predicted molar refractivity (Wildman–Crippen MR) is 88.9 cm³/mol. The van der Waals surface area contributed by atoms with Gasteiger partial charge in [-0.3, -0.25) is 14.4 Å². The van der Waals surface area contributed by atoms with Crippen molar-refractivity contribution in [2.45, 2.75) is 46.0 Å². The predicted octanol–water partition coefficient (Wildman–Crippen LogP) is 2.39. The van der Waals surface area contributed by atoms with Gasteiger partial charge >= 0.3 is 11.9 Å². The van der Waals surface area contributed by atoms with Gasteiger partial charge in [-0.1, -0.05) is 12.8 Å². The van der Waals surface area contributed by atoms with Crippen molar-refractivity contribution in [3.8, 4) is 0 Å². The Bertz CT molecular complexity index is 628. The van der Waals surface area contributed by atoms with E-state index in [9.17, 15) is 19.5 Å². The lowest BCUT2D eigenvalue weighted by Crippen LogP contribution is -2.36. The number of hydrogen-bond donors (Lipinski definition) is 2. The molecule has 24 heavy (non-hydrogen) atoms. The Morgan fingerprint density at radius 3 is 2.58 bits per heavy atom. The maximum Gasteiger partial charge on any atom is 0.311 e. The first-order valence-corrected chi connectivity index (χ1v) is 8.89. The van der Waals surface area contributed by atoms with E-state index < -0.39 is 17.8 Å². The van der Waals surface area contributed by atoms with E-state index in [1.165, 1.54) is 11.3 Å². The number of carbonyl (C=O) groups excluding carboxylic acids is 2. The highest BCUT2D eigenvalue weighted by atomic mass is 32.1. The number of esters is 1. The number of nitrogens with zero attached hydrogens (tertiary/aromatic N) is 1. The SMILES string of the molecule is CCOC(=O)Cc1sc(NC(=O)[C@@H]2CCCC[C@@H]2C(=O)O)nc1C. The molecule has 0 radical (unpaired) electrons. The zero-order valence-electron chi connectivity index (χ0n) is 13.8. The summed E-state index contributed by atoms with van der Waals surface area (Å²) in [6, 6.07) is 0. The zero-order valence-corrected chi connectivity index (χ0v) is 14.6. The van der Waals surface area contributed by atoms with Gasteiger partial charge in [-0.2, -0.15) is 0 Å². The summed E-state index contributed by atoms with van der Waals surface area (Å²) < 4.78 is 4.91. The number of aryl methyl sites for hydroxylation is 1. The summed E-state index contributed by atoms with van der Waals surface area (Å²) in [5, 5.41) is 12.4. The zero-order chi connectivity index (χ0) is 17.7. The third kappa shape index (κ3) is 4.53. The highest BCUT2D eigenvalue weighted by Crippen LogP contribution is 2.32. The fourth-order valence-electron chi connectivity index (χ4n) is 2.93. The quantitative estimate of drug-likeness (QED) is 0.760. The maximum absolute atomic E-state index is 12.4. The van der Waals surface area contributed by atoms with Gasteiger partial charge in [0, 0.05) is 4.88 Å². The van der Waals surface area contributed by atoms with E-state index in [0.717, 1.165) is 17.7 Å². The topological polar surface area (TPSA) is 106 Å². The Morgan fingerprint density at radius 1 is 1.29 bits per heavy atom. The lowest BCUT2D eigenvalue weighted by atomic mass is 9.79. The van der Waals surface area contributed by atoms with Crippen LogP contribution < -0.4 is 5.32 Å². The molecule has 1 aliphatic rings. The van der Waals surface area contributed by atoms with Gasteiger partial charge in [-0.05, 0) is 26.7 Å². The first-order chi connectivity index (χ1) is 11.4. The average molecular weight is 354 g/mol. The summed E-state index contributed by atoms with van der Waals surface area (Å²) in [5.74, 6) is -2.74. The number of nitrogens with one attached hydrogen (secondary N) is 1. The molecule has 8 heteroatoms. The van der Waals surface area contributed by atoms with Crippen molar-refractivity contribution in [3.05, 3.63) is 10.6 Å². The molecule has 1 aliphatic carbocycles. The molecule has 1 saturated carbocycles. The molecule has 0 unspecified atom stereocenters. The Hall–Kier alpha value is -1.96. The van der Waals surface area contributed by atoms with Crippen LogP contribution in [0, 0.1) is 18.8 Å². The number of hydrogen-bond acceptors (Lipinski definition) is 6. The third-order valence-electron chi connectivity index (χ3n) is 4.15. The number of anilines is 1. The number of aliphatic carboxylic acids is 1. The van der Waals surface area contributed by atoms with E-state index in [0.29, 0.717) is 30.3 Å². The molecule has 1 aromatic heterocycles. The van der Waals surface area contributed by atoms with Gasteiger partial charge in [0.1, 0.15) is 0 Å². The molecule has 0 spiro atoms. The van der Waals surface area contributed by atoms with Crippen molar-refractivity contribution < 1.29 is 24.2 Å². The van der Waals surface area contributed by atoms with Gasteiger partial charge in [-0.15, -0.1) is 11.3 Å². The molecule has 1 heterocycles. The first kappa shape index (κ1) is 18.4. The normalized spacial score (nSPS) is 20.4. The van der Waals surface area contributed by atoms with Crippen LogP contribution in [-0.4, -0.2) is 34.5 Å². The molecule has 1 amide bonds. The van der Waals surface area contributed by atoms with E-state index in [1.807, 2.05) is 0 Å². The number of ether oxygens (including phenoxy) is 1. The molecule has 2 rings (SSSR count). The Labute approximate surface area is 144 Å². The molecule has 0 saturated heterocycles. The number of aromatic nitrogens is 1. The fraction of sp³-hybridized carbons (Fsp3) is 0.625. The summed E-state index contributed by atoms with van der Waals surface area (Å²) in [5.41, 5.74) is 0.668. The average Bonchev–Trinajstić information content (AvgIpc) is 2.86. The first-order valence-electron chi connectivity index (χ1n) is 8.08. The van der Waals surface area contributed by atoms with E-state index in [2.05, 4.69) is 10.3 Å². The maximum atomic E-state index is 12.4. The molecule has 0 bridgehead atoms. The number of amides is 1. The van der Waals surface area contributed by atoms with Crippen molar-refractivity contribution in [3.63, 3.8) is 0 Å². The van der Waals surface area contributed by atoms with Crippen LogP contribution in [0.5, 0.6) is 0 Å². The van der Waals surface area contributed by atoms with Crippen LogP contribution in [0.1, 0.15) is 43.2 Å². The molecular formula is C16H22N2O5S. The molecule has 0 aliphatic heterocycles. The smallest absolute Gasteiger partial charge is 0.311 e. The minimum Gasteiger partial charge on any atom is -0.481 e. The third-order valence-corrected chi connectivity index (χ3v) is 5.23. The monoisotopic (exact) mass is 354 g/mol. The second-order valence-electron chi connectivity index (χ2n) is 5.83. The number of carbonyl (C=O) groups is 3. The molecule has 7 nitrogen and oxygen atoms in total. The van der Waals surface area contributed by atoms with E-state index in [4.69, 9.17) is 4.74 Å². The van der Waals surface area contributed by atoms with Gasteiger partial charge in [0.25, 0.3) is 0 Å². The van der Waals surface area contributed by atoms with E-state index in [-0.39, 0.29) is 18.3 Å². The highest BCUT2D eigenvalue weighted by Gasteiger charge is 2.36. The minimum absolute atomic E-state index is 0.119. The Balaban J connectivity index is 2.03. The summed E-state index contributed by atoms with van der Waals surface area (Å²) in [6.45, 7) is 3.83. The minimum atomic E-state index is -0.923. The fourth-order valence-corrected chi connectivity index (χ4v) is 3.88. The summed E-state index contributed by atoms with van der Waals surface area (Å²) in [7, 11) is 0. The number of thiazole rings is 1. The van der Waals surface area contributed by atoms with Crippen molar-refractivity contribution in [2.24, 2.45) is 11.8 Å². The molecule has 132 valence electrons. The van der Waals surface area contributed by atoms with Gasteiger partial charge < -0.3 is 15.2 Å². The van der Waals surface area contributed by atoms with Crippen LogP contribution >= 0.6 is 11.3 Å². The van der Waals surface area contributed by atoms with Crippen LogP contribution in [0.15, 0.2) is 0 Å². The van der Waals surface area contributed by atoms with Crippen LogP contribution in [0.2, 0.25) is 0 Å². The van der Waals surface area contributed by atoms with Crippen LogP contribution in [0.4, 0.5) is 5.13 Å². The number of rotatable bonds is 6. The molecule has 0 aromatic carbocycles. The van der Waals surface area contributed by atoms with E-state index in [1.54, 1.807) is 13.8 Å². The van der Waals surface area contributed by atoms with Crippen LogP contribution in [-0.2, 0) is 25.5 Å². The van der Waals surface area contributed by atoms with Gasteiger partial charge in [0.2, 0.25) is 5.91 Å². The van der Waals surface area contributed by atoms with Gasteiger partial charge in [-0.25, -0.2) is 4.98 Å². The van der Waals surface area contributed by atoms with Crippen LogP contribution in [0.25, 0.3) is 0 Å².